The van der Waals surface area contributed by atoms with Crippen LogP contribution in [0.3, 0.4) is 0 Å². The highest BCUT2D eigenvalue weighted by atomic mass is 16.2. The molecule has 1 N–H and O–H groups in total. The van der Waals surface area contributed by atoms with E-state index in [2.05, 4.69) is 17.2 Å². The van der Waals surface area contributed by atoms with E-state index < -0.39 is 0 Å². The van der Waals surface area contributed by atoms with Gasteiger partial charge in [0.25, 0.3) is 5.91 Å². The number of amides is 1. The van der Waals surface area contributed by atoms with Gasteiger partial charge in [0, 0.05) is 25.0 Å². The maximum atomic E-state index is 12.8. The highest BCUT2D eigenvalue weighted by molar-refractivity contribution is 6.07. The molecule has 104 valence electrons. The lowest BCUT2D eigenvalue weighted by Crippen LogP contribution is -2.33. The van der Waals surface area contributed by atoms with E-state index in [0.29, 0.717) is 6.04 Å². The van der Waals surface area contributed by atoms with Gasteiger partial charge in [-0.05, 0) is 31.9 Å². The van der Waals surface area contributed by atoms with Gasteiger partial charge in [-0.15, -0.1) is 0 Å². The van der Waals surface area contributed by atoms with Gasteiger partial charge >= 0.3 is 0 Å². The predicted octanol–water partition coefficient (Wildman–Crippen LogP) is 2.90. The van der Waals surface area contributed by atoms with Crippen molar-refractivity contribution in [2.24, 2.45) is 0 Å². The van der Waals surface area contributed by atoms with Crippen LogP contribution < -0.4 is 5.32 Å². The van der Waals surface area contributed by atoms with Gasteiger partial charge in [-0.2, -0.15) is 0 Å². The van der Waals surface area contributed by atoms with Crippen LogP contribution in [0, 0.1) is 0 Å². The first kappa shape index (κ1) is 12.9. The molecule has 1 atom stereocenters. The predicted molar refractivity (Wildman–Crippen MR) is 81.0 cm³/mol. The molecule has 0 bridgehead atoms. The molecule has 4 heteroatoms. The molecule has 0 saturated carbocycles. The minimum Gasteiger partial charge on any atom is -0.373 e. The molecule has 0 radical (unpaired) electrons. The van der Waals surface area contributed by atoms with Crippen molar-refractivity contribution in [3.05, 3.63) is 35.9 Å². The van der Waals surface area contributed by atoms with Crippen LogP contribution in [0.2, 0.25) is 0 Å². The second-order valence-corrected chi connectivity index (χ2v) is 5.31. The van der Waals surface area contributed by atoms with Crippen molar-refractivity contribution in [1.29, 1.82) is 0 Å². The number of fused-ring (bicyclic) bond motifs is 1. The Balaban J connectivity index is 2.11. The fraction of sp³-hybridized carbons (Fsp3) is 0.375. The zero-order chi connectivity index (χ0) is 14.1. The normalized spacial score (nSPS) is 18.5. The Labute approximate surface area is 118 Å². The van der Waals surface area contributed by atoms with Crippen molar-refractivity contribution in [1.82, 2.24) is 9.88 Å². The standard InChI is InChI=1S/C16H19N3O/c1-11-6-5-9-19(11)16(20)13-10-15(17-2)18-14-8-4-3-7-12(13)14/h3-4,7-8,10-11H,5-6,9H2,1-2H3,(H,17,18). The van der Waals surface area contributed by atoms with E-state index in [9.17, 15) is 4.79 Å². The van der Waals surface area contributed by atoms with Crippen molar-refractivity contribution < 1.29 is 4.79 Å². The summed E-state index contributed by atoms with van der Waals surface area (Å²) in [5.74, 6) is 0.851. The molecule has 2 aromatic rings. The van der Waals surface area contributed by atoms with Crippen LogP contribution in [-0.2, 0) is 0 Å². The summed E-state index contributed by atoms with van der Waals surface area (Å²) in [7, 11) is 1.82. The summed E-state index contributed by atoms with van der Waals surface area (Å²) in [5.41, 5.74) is 1.60. The quantitative estimate of drug-likeness (QED) is 0.911. The molecule has 2 heterocycles. The molecule has 1 unspecified atom stereocenters. The summed E-state index contributed by atoms with van der Waals surface area (Å²) < 4.78 is 0. The van der Waals surface area contributed by atoms with Crippen LogP contribution in [0.4, 0.5) is 5.82 Å². The fourth-order valence-electron chi connectivity index (χ4n) is 2.87. The third-order valence-electron chi connectivity index (χ3n) is 4.02. The number of nitrogens with zero attached hydrogens (tertiary/aromatic N) is 2. The first-order valence-electron chi connectivity index (χ1n) is 7.09. The van der Waals surface area contributed by atoms with Crippen molar-refractivity contribution in [2.75, 3.05) is 18.9 Å². The molecule has 1 aromatic carbocycles. The van der Waals surface area contributed by atoms with Crippen molar-refractivity contribution in [3.8, 4) is 0 Å². The Kier molecular flexibility index (Phi) is 3.30. The van der Waals surface area contributed by atoms with Crippen LogP contribution in [0.25, 0.3) is 10.9 Å². The smallest absolute Gasteiger partial charge is 0.254 e. The van der Waals surface area contributed by atoms with Crippen LogP contribution >= 0.6 is 0 Å². The molecule has 20 heavy (non-hydrogen) atoms. The maximum Gasteiger partial charge on any atom is 0.254 e. The van der Waals surface area contributed by atoms with Gasteiger partial charge in [-0.1, -0.05) is 18.2 Å². The first-order chi connectivity index (χ1) is 9.70. The third kappa shape index (κ3) is 2.11. The molecule has 1 aromatic heterocycles. The minimum atomic E-state index is 0.116. The highest BCUT2D eigenvalue weighted by Gasteiger charge is 2.27. The summed E-state index contributed by atoms with van der Waals surface area (Å²) >= 11 is 0. The Hall–Kier alpha value is -2.10. The Morgan fingerprint density at radius 2 is 2.20 bits per heavy atom. The molecule has 1 saturated heterocycles. The lowest BCUT2D eigenvalue weighted by molar-refractivity contribution is 0.0749. The maximum absolute atomic E-state index is 12.8. The second kappa shape index (κ2) is 5.12. The number of benzene rings is 1. The number of likely N-dealkylation sites (tertiary alicyclic amines) is 1. The molecule has 1 amide bonds. The van der Waals surface area contributed by atoms with Gasteiger partial charge in [0.1, 0.15) is 5.82 Å². The molecule has 0 spiro atoms. The van der Waals surface area contributed by atoms with Crippen LogP contribution in [0.5, 0.6) is 0 Å². The number of hydrogen-bond acceptors (Lipinski definition) is 3. The number of pyridine rings is 1. The lowest BCUT2D eigenvalue weighted by atomic mass is 10.1. The van der Waals surface area contributed by atoms with Gasteiger partial charge in [0.2, 0.25) is 0 Å². The SMILES string of the molecule is CNc1cc(C(=O)N2CCCC2C)c2ccccc2n1. The molecule has 1 fully saturated rings. The Bertz CT molecular complexity index is 653. The van der Waals surface area contributed by atoms with Gasteiger partial charge in [0.05, 0.1) is 11.1 Å². The van der Waals surface area contributed by atoms with E-state index in [4.69, 9.17) is 0 Å². The summed E-state index contributed by atoms with van der Waals surface area (Å²) in [4.78, 5) is 19.3. The van der Waals surface area contributed by atoms with E-state index in [1.54, 1.807) is 0 Å². The lowest BCUT2D eigenvalue weighted by Gasteiger charge is -2.22. The topological polar surface area (TPSA) is 45.2 Å². The third-order valence-corrected chi connectivity index (χ3v) is 4.02. The van der Waals surface area contributed by atoms with Gasteiger partial charge in [0.15, 0.2) is 0 Å². The summed E-state index contributed by atoms with van der Waals surface area (Å²) in [5, 5.41) is 3.96. The monoisotopic (exact) mass is 269 g/mol. The van der Waals surface area contributed by atoms with Crippen LogP contribution in [-0.4, -0.2) is 35.4 Å². The van der Waals surface area contributed by atoms with Crippen molar-refractivity contribution in [2.45, 2.75) is 25.8 Å². The van der Waals surface area contributed by atoms with E-state index in [0.717, 1.165) is 41.7 Å². The number of rotatable bonds is 2. The van der Waals surface area contributed by atoms with E-state index in [-0.39, 0.29) is 5.91 Å². The molecular weight excluding hydrogens is 250 g/mol. The summed E-state index contributed by atoms with van der Waals surface area (Å²) in [6.45, 7) is 2.97. The average molecular weight is 269 g/mol. The number of hydrogen-bond donors (Lipinski definition) is 1. The molecule has 1 aliphatic rings. The molecular formula is C16H19N3O. The second-order valence-electron chi connectivity index (χ2n) is 5.31. The number of aromatic nitrogens is 1. The van der Waals surface area contributed by atoms with Crippen LogP contribution in [0.15, 0.2) is 30.3 Å². The number of carbonyl (C=O) groups excluding carboxylic acids is 1. The van der Waals surface area contributed by atoms with Gasteiger partial charge in [-0.3, -0.25) is 4.79 Å². The van der Waals surface area contributed by atoms with Crippen molar-refractivity contribution >= 4 is 22.6 Å². The molecule has 3 rings (SSSR count). The molecule has 1 aliphatic heterocycles. The number of para-hydroxylation sites is 1. The molecule has 0 aliphatic carbocycles. The van der Waals surface area contributed by atoms with Crippen LogP contribution in [0.1, 0.15) is 30.1 Å². The van der Waals surface area contributed by atoms with E-state index in [1.807, 2.05) is 42.3 Å². The number of nitrogens with one attached hydrogen (secondary N) is 1. The highest BCUT2D eigenvalue weighted by Crippen LogP contribution is 2.25. The Morgan fingerprint density at radius 3 is 2.90 bits per heavy atom. The minimum absolute atomic E-state index is 0.116. The van der Waals surface area contributed by atoms with E-state index in [1.165, 1.54) is 0 Å². The van der Waals surface area contributed by atoms with Gasteiger partial charge < -0.3 is 10.2 Å². The summed E-state index contributed by atoms with van der Waals surface area (Å²) in [6, 6.07) is 9.99. The Morgan fingerprint density at radius 1 is 1.40 bits per heavy atom. The average Bonchev–Trinajstić information content (AvgIpc) is 2.91. The van der Waals surface area contributed by atoms with Crippen molar-refractivity contribution in [3.63, 3.8) is 0 Å². The zero-order valence-corrected chi connectivity index (χ0v) is 11.9. The largest absolute Gasteiger partial charge is 0.373 e. The number of anilines is 1. The van der Waals surface area contributed by atoms with E-state index >= 15 is 0 Å². The summed E-state index contributed by atoms with van der Waals surface area (Å²) in [6.07, 6.45) is 2.18. The molecule has 4 nitrogen and oxygen atoms in total. The fourth-order valence-corrected chi connectivity index (χ4v) is 2.87. The zero-order valence-electron chi connectivity index (χ0n) is 11.9. The first-order valence-corrected chi connectivity index (χ1v) is 7.09. The number of carbonyl (C=O) groups is 1. The van der Waals surface area contributed by atoms with Gasteiger partial charge in [-0.25, -0.2) is 4.98 Å².